The van der Waals surface area contributed by atoms with Gasteiger partial charge in [-0.1, -0.05) is 17.8 Å². The summed E-state index contributed by atoms with van der Waals surface area (Å²) < 4.78 is 4.15. The van der Waals surface area contributed by atoms with Crippen molar-refractivity contribution in [2.75, 3.05) is 5.75 Å². The summed E-state index contributed by atoms with van der Waals surface area (Å²) in [4.78, 5) is 16.7. The summed E-state index contributed by atoms with van der Waals surface area (Å²) >= 11 is 1.49. The number of Topliss-reactive ketones (excluding diaryl/α,β-unsaturated/α-hetero) is 1. The molecule has 2 rings (SSSR count). The summed E-state index contributed by atoms with van der Waals surface area (Å²) in [5, 5.41) is 0.894. The number of rotatable bonds is 7. The third-order valence-corrected chi connectivity index (χ3v) is 4.54. The number of carbonyl (C=O) groups excluding carboxylic acids is 1. The van der Waals surface area contributed by atoms with Crippen molar-refractivity contribution in [1.29, 1.82) is 0 Å². The van der Waals surface area contributed by atoms with Crippen LogP contribution in [0.1, 0.15) is 28.7 Å². The van der Waals surface area contributed by atoms with Crippen LogP contribution in [0.15, 0.2) is 36.3 Å². The van der Waals surface area contributed by atoms with Crippen LogP contribution in [-0.4, -0.2) is 25.7 Å². The number of imidazole rings is 1. The minimum absolute atomic E-state index is 0.147. The quantitative estimate of drug-likeness (QED) is 0.446. The first-order valence-electron chi connectivity index (χ1n) is 7.03. The van der Waals surface area contributed by atoms with E-state index in [0.29, 0.717) is 5.75 Å². The molecule has 0 aliphatic carbocycles. The number of aryl methyl sites for hydroxylation is 2. The summed E-state index contributed by atoms with van der Waals surface area (Å²) in [6.45, 7) is 11.4. The Hall–Kier alpha value is -1.75. The number of aromatic nitrogens is 3. The zero-order valence-electron chi connectivity index (χ0n) is 12.8. The van der Waals surface area contributed by atoms with E-state index in [9.17, 15) is 4.79 Å². The number of ketones is 1. The van der Waals surface area contributed by atoms with Crippen LogP contribution in [0.5, 0.6) is 0 Å². The molecule has 0 saturated carbocycles. The van der Waals surface area contributed by atoms with Gasteiger partial charge < -0.3 is 9.13 Å². The lowest BCUT2D eigenvalue weighted by molar-refractivity contribution is 0.102. The predicted molar refractivity (Wildman–Crippen MR) is 87.1 cm³/mol. The summed E-state index contributed by atoms with van der Waals surface area (Å²) in [5.74, 6) is 0.559. The minimum Gasteiger partial charge on any atom is -0.345 e. The van der Waals surface area contributed by atoms with Crippen LogP contribution in [0, 0.1) is 13.8 Å². The maximum atomic E-state index is 12.4. The summed E-state index contributed by atoms with van der Waals surface area (Å²) in [5.41, 5.74) is 2.91. The first-order chi connectivity index (χ1) is 10.1. The molecule has 2 aromatic heterocycles. The molecule has 0 saturated heterocycles. The van der Waals surface area contributed by atoms with E-state index < -0.39 is 0 Å². The molecule has 0 unspecified atom stereocenters. The molecule has 0 aromatic carbocycles. The molecule has 0 fully saturated rings. The number of hydrogen-bond acceptors (Lipinski definition) is 3. The van der Waals surface area contributed by atoms with E-state index in [2.05, 4.69) is 23.1 Å². The first kappa shape index (κ1) is 15.6. The average molecular weight is 303 g/mol. The maximum Gasteiger partial charge on any atom is 0.175 e. The van der Waals surface area contributed by atoms with Gasteiger partial charge in [0.05, 0.1) is 5.75 Å². The van der Waals surface area contributed by atoms with Gasteiger partial charge in [-0.3, -0.25) is 4.79 Å². The molecule has 2 aromatic rings. The first-order valence-corrected chi connectivity index (χ1v) is 8.01. The van der Waals surface area contributed by atoms with Crippen molar-refractivity contribution in [3.05, 3.63) is 48.1 Å². The van der Waals surface area contributed by atoms with Crippen molar-refractivity contribution in [1.82, 2.24) is 14.1 Å². The van der Waals surface area contributed by atoms with E-state index in [-0.39, 0.29) is 5.78 Å². The number of carbonyl (C=O) groups is 1. The lowest BCUT2D eigenvalue weighted by atomic mass is 10.2. The zero-order valence-corrected chi connectivity index (χ0v) is 13.6. The molecule has 0 atom stereocenters. The Morgan fingerprint density at radius 2 is 2.24 bits per heavy atom. The van der Waals surface area contributed by atoms with E-state index in [1.54, 1.807) is 6.20 Å². The van der Waals surface area contributed by atoms with Crippen LogP contribution in [0.25, 0.3) is 0 Å². The third kappa shape index (κ3) is 3.29. The molecule has 0 aliphatic heterocycles. The van der Waals surface area contributed by atoms with Gasteiger partial charge in [0, 0.05) is 42.4 Å². The van der Waals surface area contributed by atoms with E-state index >= 15 is 0 Å². The summed E-state index contributed by atoms with van der Waals surface area (Å²) in [7, 11) is 0. The molecule has 0 aliphatic rings. The summed E-state index contributed by atoms with van der Waals surface area (Å²) in [6, 6.07) is 1.97. The van der Waals surface area contributed by atoms with E-state index in [1.165, 1.54) is 11.8 Å². The maximum absolute atomic E-state index is 12.4. The van der Waals surface area contributed by atoms with Crippen molar-refractivity contribution in [2.24, 2.45) is 0 Å². The largest absolute Gasteiger partial charge is 0.345 e. The minimum atomic E-state index is 0.147. The topological polar surface area (TPSA) is 39.8 Å². The second-order valence-electron chi connectivity index (χ2n) is 4.89. The monoisotopic (exact) mass is 303 g/mol. The van der Waals surface area contributed by atoms with Gasteiger partial charge in [0.1, 0.15) is 0 Å². The van der Waals surface area contributed by atoms with Crippen LogP contribution in [-0.2, 0) is 13.1 Å². The van der Waals surface area contributed by atoms with E-state index in [0.717, 1.165) is 35.2 Å². The van der Waals surface area contributed by atoms with E-state index in [1.807, 2.05) is 36.8 Å². The lowest BCUT2D eigenvalue weighted by Gasteiger charge is -2.06. The fourth-order valence-corrected chi connectivity index (χ4v) is 3.28. The van der Waals surface area contributed by atoms with Crippen LogP contribution in [0.4, 0.5) is 0 Å². The molecule has 21 heavy (non-hydrogen) atoms. The van der Waals surface area contributed by atoms with Crippen molar-refractivity contribution in [3.63, 3.8) is 0 Å². The fourth-order valence-electron chi connectivity index (χ4n) is 2.38. The van der Waals surface area contributed by atoms with Gasteiger partial charge in [0.15, 0.2) is 10.9 Å². The number of hydrogen-bond donors (Lipinski definition) is 0. The van der Waals surface area contributed by atoms with Gasteiger partial charge >= 0.3 is 0 Å². The SMILES string of the molecule is C=CCn1c(C)cc(C(=O)CSc2nccn2CC)c1C. The standard InChI is InChI=1S/C16H21N3OS/c1-5-8-19-12(3)10-14(13(19)4)15(20)11-21-16-17-7-9-18(16)6-2/h5,7,9-10H,1,6,8,11H2,2-4H3. The molecule has 0 amide bonds. The molecule has 4 nitrogen and oxygen atoms in total. The van der Waals surface area contributed by atoms with E-state index in [4.69, 9.17) is 0 Å². The molecule has 0 spiro atoms. The van der Waals surface area contributed by atoms with Crippen molar-refractivity contribution in [3.8, 4) is 0 Å². The highest BCUT2D eigenvalue weighted by Crippen LogP contribution is 2.21. The zero-order chi connectivity index (χ0) is 15.4. The van der Waals surface area contributed by atoms with Crippen LogP contribution in [0.2, 0.25) is 0 Å². The highest BCUT2D eigenvalue weighted by Gasteiger charge is 2.16. The molecule has 0 radical (unpaired) electrons. The number of nitrogens with zero attached hydrogens (tertiary/aromatic N) is 3. The Labute approximate surface area is 129 Å². The van der Waals surface area contributed by atoms with Gasteiger partial charge in [-0.2, -0.15) is 0 Å². The van der Waals surface area contributed by atoms with Crippen molar-refractivity contribution >= 4 is 17.5 Å². The Bertz CT molecular complexity index is 655. The molecular weight excluding hydrogens is 282 g/mol. The summed E-state index contributed by atoms with van der Waals surface area (Å²) in [6.07, 6.45) is 5.55. The number of allylic oxidation sites excluding steroid dienone is 1. The fraction of sp³-hybridized carbons (Fsp3) is 0.375. The van der Waals surface area contributed by atoms with Gasteiger partial charge in [-0.25, -0.2) is 4.98 Å². The van der Waals surface area contributed by atoms with Crippen molar-refractivity contribution < 1.29 is 4.79 Å². The molecule has 0 N–H and O–H groups in total. The second kappa shape index (κ2) is 6.80. The normalized spacial score (nSPS) is 10.8. The Morgan fingerprint density at radius 1 is 1.48 bits per heavy atom. The Balaban J connectivity index is 2.10. The van der Waals surface area contributed by atoms with Gasteiger partial charge in [0.2, 0.25) is 0 Å². The molecule has 112 valence electrons. The third-order valence-electron chi connectivity index (χ3n) is 3.54. The van der Waals surface area contributed by atoms with Crippen LogP contribution in [0.3, 0.4) is 0 Å². The molecule has 2 heterocycles. The average Bonchev–Trinajstić information content (AvgIpc) is 3.04. The van der Waals surface area contributed by atoms with Crippen molar-refractivity contribution in [2.45, 2.75) is 39.0 Å². The van der Waals surface area contributed by atoms with Crippen LogP contribution >= 0.6 is 11.8 Å². The Kier molecular flexibility index (Phi) is 5.07. The lowest BCUT2D eigenvalue weighted by Crippen LogP contribution is -2.07. The molecule has 0 bridgehead atoms. The highest BCUT2D eigenvalue weighted by atomic mass is 32.2. The number of thioether (sulfide) groups is 1. The molecule has 5 heteroatoms. The predicted octanol–water partition coefficient (Wildman–Crippen LogP) is 3.48. The highest BCUT2D eigenvalue weighted by molar-refractivity contribution is 7.99. The van der Waals surface area contributed by atoms with Gasteiger partial charge in [-0.15, -0.1) is 6.58 Å². The van der Waals surface area contributed by atoms with Gasteiger partial charge in [-0.05, 0) is 26.8 Å². The van der Waals surface area contributed by atoms with Gasteiger partial charge in [0.25, 0.3) is 0 Å². The Morgan fingerprint density at radius 3 is 2.90 bits per heavy atom. The smallest absolute Gasteiger partial charge is 0.175 e. The second-order valence-corrected chi connectivity index (χ2v) is 5.83. The molecular formula is C16H21N3OS. The van der Waals surface area contributed by atoms with Crippen LogP contribution < -0.4 is 0 Å².